The summed E-state index contributed by atoms with van der Waals surface area (Å²) in [6, 6.07) is 6.36. The van der Waals surface area contributed by atoms with Crippen LogP contribution in [0.3, 0.4) is 0 Å². The SMILES string of the molecule is Cl.O=C(Nc1cccc(S(=O)(=O)N2CCCCC2)c1)C1CCCN1. The zero-order valence-electron chi connectivity index (χ0n) is 13.5. The molecule has 8 heteroatoms. The van der Waals surface area contributed by atoms with Crippen LogP contribution in [-0.4, -0.2) is 44.3 Å². The molecular formula is C16H24ClN3O3S. The van der Waals surface area contributed by atoms with Crippen molar-refractivity contribution in [2.24, 2.45) is 0 Å². The molecule has 1 aromatic carbocycles. The first-order chi connectivity index (χ1) is 11.1. The van der Waals surface area contributed by atoms with E-state index in [0.717, 1.165) is 38.6 Å². The zero-order valence-corrected chi connectivity index (χ0v) is 15.2. The second-order valence-electron chi connectivity index (χ2n) is 6.13. The first-order valence-corrected chi connectivity index (χ1v) is 9.66. The topological polar surface area (TPSA) is 78.5 Å². The first-order valence-electron chi connectivity index (χ1n) is 8.22. The summed E-state index contributed by atoms with van der Waals surface area (Å²) >= 11 is 0. The predicted octanol–water partition coefficient (Wildman–Crippen LogP) is 1.97. The van der Waals surface area contributed by atoms with Crippen molar-refractivity contribution in [1.29, 1.82) is 0 Å². The molecule has 1 unspecified atom stereocenters. The number of halogens is 1. The number of carbonyl (C=O) groups excluding carboxylic acids is 1. The fourth-order valence-electron chi connectivity index (χ4n) is 3.13. The van der Waals surface area contributed by atoms with Gasteiger partial charge in [0.25, 0.3) is 0 Å². The Morgan fingerprint density at radius 2 is 1.92 bits per heavy atom. The fourth-order valence-corrected chi connectivity index (χ4v) is 4.69. The maximum atomic E-state index is 12.7. The van der Waals surface area contributed by atoms with Gasteiger partial charge in [-0.15, -0.1) is 12.4 Å². The Balaban J connectivity index is 0.00000208. The zero-order chi connectivity index (χ0) is 16.3. The predicted molar refractivity (Wildman–Crippen MR) is 96.0 cm³/mol. The van der Waals surface area contributed by atoms with Crippen LogP contribution in [0.25, 0.3) is 0 Å². The van der Waals surface area contributed by atoms with Crippen molar-refractivity contribution in [2.75, 3.05) is 25.0 Å². The van der Waals surface area contributed by atoms with Crippen LogP contribution in [0.1, 0.15) is 32.1 Å². The second kappa shape index (κ2) is 8.29. The highest BCUT2D eigenvalue weighted by Crippen LogP contribution is 2.23. The third-order valence-electron chi connectivity index (χ3n) is 4.43. The van der Waals surface area contributed by atoms with Crippen LogP contribution >= 0.6 is 12.4 Å². The van der Waals surface area contributed by atoms with Gasteiger partial charge in [-0.1, -0.05) is 12.5 Å². The van der Waals surface area contributed by atoms with Gasteiger partial charge in [-0.3, -0.25) is 4.79 Å². The number of sulfonamides is 1. The molecule has 0 aliphatic carbocycles. The lowest BCUT2D eigenvalue weighted by molar-refractivity contribution is -0.117. The normalized spacial score (nSPS) is 21.9. The van der Waals surface area contributed by atoms with E-state index in [2.05, 4.69) is 10.6 Å². The van der Waals surface area contributed by atoms with E-state index in [1.54, 1.807) is 24.3 Å². The van der Waals surface area contributed by atoms with Crippen LogP contribution in [0.5, 0.6) is 0 Å². The highest BCUT2D eigenvalue weighted by atomic mass is 35.5. The van der Waals surface area contributed by atoms with Gasteiger partial charge in [0.2, 0.25) is 15.9 Å². The van der Waals surface area contributed by atoms with Gasteiger partial charge in [-0.25, -0.2) is 8.42 Å². The molecule has 24 heavy (non-hydrogen) atoms. The average molecular weight is 374 g/mol. The van der Waals surface area contributed by atoms with Gasteiger partial charge in [-0.05, 0) is 50.4 Å². The van der Waals surface area contributed by atoms with Gasteiger partial charge in [0.05, 0.1) is 10.9 Å². The molecule has 0 aromatic heterocycles. The molecular weight excluding hydrogens is 350 g/mol. The van der Waals surface area contributed by atoms with Gasteiger partial charge in [0.15, 0.2) is 0 Å². The van der Waals surface area contributed by atoms with Gasteiger partial charge in [0, 0.05) is 18.8 Å². The summed E-state index contributed by atoms with van der Waals surface area (Å²) in [5.41, 5.74) is 0.529. The third-order valence-corrected chi connectivity index (χ3v) is 6.33. The van der Waals surface area contributed by atoms with Gasteiger partial charge >= 0.3 is 0 Å². The van der Waals surface area contributed by atoms with E-state index in [1.165, 1.54) is 4.31 Å². The Bertz CT molecular complexity index is 669. The van der Waals surface area contributed by atoms with E-state index in [0.29, 0.717) is 18.8 Å². The standard InChI is InChI=1S/C16H23N3O3S.ClH/c20-16(15-8-5-9-17-15)18-13-6-4-7-14(12-13)23(21,22)19-10-2-1-3-11-19;/h4,6-7,12,15,17H,1-3,5,8-11H2,(H,18,20);1H. The number of nitrogens with one attached hydrogen (secondary N) is 2. The average Bonchev–Trinajstić information content (AvgIpc) is 3.10. The van der Waals surface area contributed by atoms with E-state index in [9.17, 15) is 13.2 Å². The van der Waals surface area contributed by atoms with Crippen LogP contribution in [-0.2, 0) is 14.8 Å². The smallest absolute Gasteiger partial charge is 0.243 e. The number of piperidine rings is 1. The molecule has 0 saturated carbocycles. The Hall–Kier alpha value is -1.15. The largest absolute Gasteiger partial charge is 0.325 e. The number of rotatable bonds is 4. The van der Waals surface area contributed by atoms with Crippen molar-refractivity contribution in [3.05, 3.63) is 24.3 Å². The van der Waals surface area contributed by atoms with E-state index in [1.807, 2.05) is 0 Å². The maximum Gasteiger partial charge on any atom is 0.243 e. The van der Waals surface area contributed by atoms with E-state index in [4.69, 9.17) is 0 Å². The number of carbonyl (C=O) groups is 1. The third kappa shape index (κ3) is 4.27. The van der Waals surface area contributed by atoms with Gasteiger partial charge < -0.3 is 10.6 Å². The molecule has 2 saturated heterocycles. The summed E-state index contributed by atoms with van der Waals surface area (Å²) in [6.07, 6.45) is 4.70. The summed E-state index contributed by atoms with van der Waals surface area (Å²) in [7, 11) is -3.47. The van der Waals surface area contributed by atoms with Crippen molar-refractivity contribution in [3.8, 4) is 0 Å². The van der Waals surface area contributed by atoms with Crippen LogP contribution in [0.4, 0.5) is 5.69 Å². The molecule has 1 amide bonds. The number of benzene rings is 1. The molecule has 1 atom stereocenters. The molecule has 3 rings (SSSR count). The van der Waals surface area contributed by atoms with E-state index >= 15 is 0 Å². The van der Waals surface area contributed by atoms with Gasteiger partial charge in [-0.2, -0.15) is 4.31 Å². The Morgan fingerprint density at radius 1 is 1.17 bits per heavy atom. The minimum atomic E-state index is -3.47. The Morgan fingerprint density at radius 3 is 2.58 bits per heavy atom. The Kier molecular flexibility index (Phi) is 6.62. The van der Waals surface area contributed by atoms with Crippen molar-refractivity contribution in [1.82, 2.24) is 9.62 Å². The fraction of sp³-hybridized carbons (Fsp3) is 0.562. The molecule has 2 N–H and O–H groups in total. The minimum Gasteiger partial charge on any atom is -0.325 e. The van der Waals surface area contributed by atoms with Crippen molar-refractivity contribution in [3.63, 3.8) is 0 Å². The molecule has 134 valence electrons. The summed E-state index contributed by atoms with van der Waals surface area (Å²) in [4.78, 5) is 12.4. The van der Waals surface area contributed by atoms with E-state index < -0.39 is 10.0 Å². The van der Waals surface area contributed by atoms with Crippen molar-refractivity contribution >= 4 is 34.0 Å². The molecule has 2 heterocycles. The summed E-state index contributed by atoms with van der Waals surface area (Å²) < 4.78 is 26.9. The van der Waals surface area contributed by atoms with Gasteiger partial charge in [0.1, 0.15) is 0 Å². The maximum absolute atomic E-state index is 12.7. The molecule has 2 fully saturated rings. The number of hydrogen-bond acceptors (Lipinski definition) is 4. The number of nitrogens with zero attached hydrogens (tertiary/aromatic N) is 1. The number of anilines is 1. The van der Waals surface area contributed by atoms with Crippen LogP contribution in [0.15, 0.2) is 29.2 Å². The van der Waals surface area contributed by atoms with Crippen LogP contribution in [0.2, 0.25) is 0 Å². The Labute approximate surface area is 149 Å². The molecule has 0 radical (unpaired) electrons. The summed E-state index contributed by atoms with van der Waals surface area (Å²) in [6.45, 7) is 2.00. The minimum absolute atomic E-state index is 0. The lowest BCUT2D eigenvalue weighted by atomic mass is 10.2. The molecule has 2 aliphatic rings. The summed E-state index contributed by atoms with van der Waals surface area (Å²) in [5.74, 6) is -0.102. The molecule has 6 nitrogen and oxygen atoms in total. The van der Waals surface area contributed by atoms with Crippen LogP contribution < -0.4 is 10.6 Å². The monoisotopic (exact) mass is 373 g/mol. The van der Waals surface area contributed by atoms with Crippen molar-refractivity contribution < 1.29 is 13.2 Å². The lowest BCUT2D eigenvalue weighted by Gasteiger charge is -2.26. The molecule has 2 aliphatic heterocycles. The van der Waals surface area contributed by atoms with Crippen LogP contribution in [0, 0.1) is 0 Å². The van der Waals surface area contributed by atoms with Crippen molar-refractivity contribution in [2.45, 2.75) is 43.0 Å². The summed E-state index contributed by atoms with van der Waals surface area (Å²) in [5, 5.41) is 5.95. The highest BCUT2D eigenvalue weighted by molar-refractivity contribution is 7.89. The molecule has 0 bridgehead atoms. The van der Waals surface area contributed by atoms with E-state index in [-0.39, 0.29) is 29.3 Å². The molecule has 1 aromatic rings. The molecule has 0 spiro atoms. The first kappa shape index (κ1) is 19.2. The highest BCUT2D eigenvalue weighted by Gasteiger charge is 2.27. The second-order valence-corrected chi connectivity index (χ2v) is 8.07. The lowest BCUT2D eigenvalue weighted by Crippen LogP contribution is -2.36. The number of amides is 1. The number of hydrogen-bond donors (Lipinski definition) is 2. The quantitative estimate of drug-likeness (QED) is 0.845.